The van der Waals surface area contributed by atoms with E-state index in [0.717, 1.165) is 33.9 Å². The van der Waals surface area contributed by atoms with Gasteiger partial charge in [-0.15, -0.1) is 0 Å². The van der Waals surface area contributed by atoms with Gasteiger partial charge in [0.15, 0.2) is 0 Å². The van der Waals surface area contributed by atoms with Gasteiger partial charge in [-0.05, 0) is 36.8 Å². The monoisotopic (exact) mass is 307 g/mol. The van der Waals surface area contributed by atoms with E-state index in [2.05, 4.69) is 22.3 Å². The molecule has 4 heteroatoms. The summed E-state index contributed by atoms with van der Waals surface area (Å²) in [6, 6.07) is 14.0. The molecule has 0 bridgehead atoms. The average molecular weight is 307 g/mol. The maximum absolute atomic E-state index is 12.3. The topological polar surface area (TPSA) is 45.2 Å². The zero-order chi connectivity index (χ0) is 16.4. The Kier molecular flexibility index (Phi) is 4.15. The van der Waals surface area contributed by atoms with Crippen molar-refractivity contribution in [1.29, 1.82) is 0 Å². The number of carbonyl (C=O) groups excluding carboxylic acids is 1. The molecule has 2 aromatic carbocycles. The zero-order valence-corrected chi connectivity index (χ0v) is 13.8. The minimum Gasteiger partial charge on any atom is -0.378 e. The lowest BCUT2D eigenvalue weighted by Gasteiger charge is -2.13. The second kappa shape index (κ2) is 6.24. The van der Waals surface area contributed by atoms with Crippen molar-refractivity contribution in [3.8, 4) is 0 Å². The van der Waals surface area contributed by atoms with E-state index in [9.17, 15) is 4.79 Å². The van der Waals surface area contributed by atoms with E-state index >= 15 is 0 Å². The number of fused-ring (bicyclic) bond motifs is 2. The lowest BCUT2D eigenvalue weighted by Crippen LogP contribution is -2.24. The number of anilines is 1. The van der Waals surface area contributed by atoms with Crippen molar-refractivity contribution in [2.75, 3.05) is 25.5 Å². The van der Waals surface area contributed by atoms with Crippen molar-refractivity contribution in [1.82, 2.24) is 10.3 Å². The molecule has 3 aromatic rings. The van der Waals surface area contributed by atoms with Crippen molar-refractivity contribution in [3.63, 3.8) is 0 Å². The van der Waals surface area contributed by atoms with Crippen LogP contribution in [0.15, 0.2) is 42.5 Å². The van der Waals surface area contributed by atoms with Crippen molar-refractivity contribution < 1.29 is 4.79 Å². The largest absolute Gasteiger partial charge is 0.378 e. The van der Waals surface area contributed by atoms with Crippen LogP contribution in [0.1, 0.15) is 23.7 Å². The van der Waals surface area contributed by atoms with E-state index in [-0.39, 0.29) is 5.91 Å². The molecule has 1 amide bonds. The number of hydrogen-bond acceptors (Lipinski definition) is 3. The zero-order valence-electron chi connectivity index (χ0n) is 13.8. The van der Waals surface area contributed by atoms with E-state index in [1.807, 2.05) is 51.4 Å². The van der Waals surface area contributed by atoms with Gasteiger partial charge in [-0.25, -0.2) is 4.98 Å². The summed E-state index contributed by atoms with van der Waals surface area (Å²) in [4.78, 5) is 19.1. The van der Waals surface area contributed by atoms with Crippen LogP contribution >= 0.6 is 0 Å². The van der Waals surface area contributed by atoms with Crippen LogP contribution in [0.2, 0.25) is 0 Å². The maximum atomic E-state index is 12.3. The first-order valence-electron chi connectivity index (χ1n) is 7.89. The van der Waals surface area contributed by atoms with Gasteiger partial charge in [-0.3, -0.25) is 4.79 Å². The number of pyridine rings is 1. The Bertz CT molecular complexity index is 871. The molecule has 0 aliphatic heterocycles. The number of aromatic nitrogens is 1. The molecule has 118 valence electrons. The first-order valence-corrected chi connectivity index (χ1v) is 7.89. The van der Waals surface area contributed by atoms with E-state index in [1.165, 1.54) is 0 Å². The fourth-order valence-electron chi connectivity index (χ4n) is 2.65. The highest BCUT2D eigenvalue weighted by molar-refractivity contribution is 6.07. The van der Waals surface area contributed by atoms with Gasteiger partial charge >= 0.3 is 0 Å². The number of rotatable bonds is 4. The van der Waals surface area contributed by atoms with Crippen LogP contribution in [0.25, 0.3) is 21.8 Å². The number of hydrogen-bond donors (Lipinski definition) is 1. The second-order valence-corrected chi connectivity index (χ2v) is 5.89. The van der Waals surface area contributed by atoms with Crippen molar-refractivity contribution in [2.24, 2.45) is 0 Å². The number of amides is 1. The van der Waals surface area contributed by atoms with Crippen molar-refractivity contribution >= 4 is 33.4 Å². The molecule has 1 aromatic heterocycles. The van der Waals surface area contributed by atoms with Gasteiger partial charge < -0.3 is 10.2 Å². The number of para-hydroxylation sites is 1. The highest BCUT2D eigenvalue weighted by Crippen LogP contribution is 2.25. The minimum atomic E-state index is -0.0609. The molecule has 1 heterocycles. The summed E-state index contributed by atoms with van der Waals surface area (Å²) in [6.45, 7) is 2.71. The molecule has 1 N–H and O–H groups in total. The molecule has 0 fully saturated rings. The molecule has 0 saturated heterocycles. The summed E-state index contributed by atoms with van der Waals surface area (Å²) in [7, 11) is 4.04. The summed E-state index contributed by atoms with van der Waals surface area (Å²) in [6.07, 6.45) is 0.917. The summed E-state index contributed by atoms with van der Waals surface area (Å²) in [5, 5.41) is 4.99. The van der Waals surface area contributed by atoms with Crippen molar-refractivity contribution in [2.45, 2.75) is 13.3 Å². The third kappa shape index (κ3) is 2.97. The Morgan fingerprint density at radius 1 is 1.13 bits per heavy atom. The minimum absolute atomic E-state index is 0.0609. The second-order valence-electron chi connectivity index (χ2n) is 5.89. The van der Waals surface area contributed by atoms with Gasteiger partial charge in [0.1, 0.15) is 0 Å². The van der Waals surface area contributed by atoms with E-state index in [1.54, 1.807) is 0 Å². The highest BCUT2D eigenvalue weighted by atomic mass is 16.1. The number of nitrogens with one attached hydrogen (secondary N) is 1. The van der Waals surface area contributed by atoms with Gasteiger partial charge in [0.05, 0.1) is 16.6 Å². The van der Waals surface area contributed by atoms with Gasteiger partial charge in [-0.1, -0.05) is 19.1 Å². The molecule has 0 radical (unpaired) electrons. The van der Waals surface area contributed by atoms with Crippen LogP contribution in [0.5, 0.6) is 0 Å². The Morgan fingerprint density at radius 3 is 2.70 bits per heavy atom. The summed E-state index contributed by atoms with van der Waals surface area (Å²) in [5.74, 6) is -0.0609. The summed E-state index contributed by atoms with van der Waals surface area (Å²) >= 11 is 0. The van der Waals surface area contributed by atoms with Gasteiger partial charge in [0.2, 0.25) is 0 Å². The third-order valence-corrected chi connectivity index (χ3v) is 3.92. The van der Waals surface area contributed by atoms with Crippen LogP contribution < -0.4 is 10.2 Å². The standard InChI is InChI=1S/C19H21N3O/c1-4-10-20-19(23)16-7-5-6-13-11-14-12-15(22(2)3)8-9-17(14)21-18(13)16/h5-9,11-12H,4,10H2,1-3H3,(H,20,23). The third-order valence-electron chi connectivity index (χ3n) is 3.92. The lowest BCUT2D eigenvalue weighted by molar-refractivity contribution is 0.0955. The van der Waals surface area contributed by atoms with E-state index in [4.69, 9.17) is 4.98 Å². The first kappa shape index (κ1) is 15.3. The molecule has 0 aliphatic rings. The van der Waals surface area contributed by atoms with E-state index < -0.39 is 0 Å². The summed E-state index contributed by atoms with van der Waals surface area (Å²) in [5.41, 5.74) is 3.43. The van der Waals surface area contributed by atoms with Gasteiger partial charge in [0, 0.05) is 37.1 Å². The predicted molar refractivity (Wildman–Crippen MR) is 96.2 cm³/mol. The van der Waals surface area contributed by atoms with Crippen LogP contribution in [0.3, 0.4) is 0 Å². The molecule has 0 aliphatic carbocycles. The van der Waals surface area contributed by atoms with E-state index in [0.29, 0.717) is 12.1 Å². The normalized spacial score (nSPS) is 10.9. The molecule has 0 unspecified atom stereocenters. The number of benzene rings is 2. The Labute approximate surface area is 136 Å². The van der Waals surface area contributed by atoms with Gasteiger partial charge in [0.25, 0.3) is 5.91 Å². The molecule has 4 nitrogen and oxygen atoms in total. The number of nitrogens with zero attached hydrogens (tertiary/aromatic N) is 2. The van der Waals surface area contributed by atoms with Crippen LogP contribution in [-0.2, 0) is 0 Å². The van der Waals surface area contributed by atoms with Crippen LogP contribution in [-0.4, -0.2) is 31.5 Å². The summed E-state index contributed by atoms with van der Waals surface area (Å²) < 4.78 is 0. The first-order chi connectivity index (χ1) is 11.1. The Balaban J connectivity index is 2.14. The molecule has 23 heavy (non-hydrogen) atoms. The molecular formula is C19H21N3O. The van der Waals surface area contributed by atoms with Crippen LogP contribution in [0.4, 0.5) is 5.69 Å². The molecule has 0 atom stereocenters. The lowest BCUT2D eigenvalue weighted by atomic mass is 10.1. The molecular weight excluding hydrogens is 286 g/mol. The van der Waals surface area contributed by atoms with Crippen LogP contribution in [0, 0.1) is 0 Å². The van der Waals surface area contributed by atoms with Gasteiger partial charge in [-0.2, -0.15) is 0 Å². The average Bonchev–Trinajstić information content (AvgIpc) is 2.56. The fraction of sp³-hybridized carbons (Fsp3) is 0.263. The predicted octanol–water partition coefficient (Wildman–Crippen LogP) is 3.59. The quantitative estimate of drug-likeness (QED) is 0.749. The smallest absolute Gasteiger partial charge is 0.253 e. The molecule has 0 saturated carbocycles. The SMILES string of the molecule is CCCNC(=O)c1cccc2cc3cc(N(C)C)ccc3nc12. The molecule has 3 rings (SSSR count). The Hall–Kier alpha value is -2.62. The Morgan fingerprint density at radius 2 is 1.96 bits per heavy atom. The highest BCUT2D eigenvalue weighted by Gasteiger charge is 2.11. The molecule has 0 spiro atoms. The number of carbonyl (C=O) groups is 1. The van der Waals surface area contributed by atoms with Crippen molar-refractivity contribution in [3.05, 3.63) is 48.0 Å². The fourth-order valence-corrected chi connectivity index (χ4v) is 2.65. The maximum Gasteiger partial charge on any atom is 0.253 e.